The van der Waals surface area contributed by atoms with E-state index in [2.05, 4.69) is 25.4 Å². The van der Waals surface area contributed by atoms with Gasteiger partial charge >= 0.3 is 0 Å². The molecule has 0 aliphatic rings. The molecule has 106 valence electrons. The molecule has 0 unspecified atom stereocenters. The van der Waals surface area contributed by atoms with E-state index in [1.807, 2.05) is 6.07 Å². The van der Waals surface area contributed by atoms with E-state index in [1.54, 1.807) is 24.3 Å². The fourth-order valence-electron chi connectivity index (χ4n) is 1.79. The maximum atomic E-state index is 12.2. The Morgan fingerprint density at radius 2 is 2.14 bits per heavy atom. The highest BCUT2D eigenvalue weighted by molar-refractivity contribution is 6.04. The maximum absolute atomic E-state index is 12.2. The van der Waals surface area contributed by atoms with Crippen molar-refractivity contribution in [2.24, 2.45) is 0 Å². The Hall–Kier alpha value is -3.60. The Bertz CT molecular complexity index is 852. The summed E-state index contributed by atoms with van der Waals surface area (Å²) in [5, 5.41) is 15.5. The lowest BCUT2D eigenvalue weighted by molar-refractivity contribution is 0.102. The molecule has 1 aromatic carbocycles. The maximum Gasteiger partial charge on any atom is 0.256 e. The van der Waals surface area contributed by atoms with E-state index in [0.717, 1.165) is 0 Å². The van der Waals surface area contributed by atoms with Gasteiger partial charge in [0.15, 0.2) is 5.82 Å². The first-order valence-corrected chi connectivity index (χ1v) is 6.25. The van der Waals surface area contributed by atoms with Crippen molar-refractivity contribution < 1.29 is 4.79 Å². The van der Waals surface area contributed by atoms with Crippen molar-refractivity contribution >= 4 is 11.7 Å². The number of anilines is 1. The highest BCUT2D eigenvalue weighted by atomic mass is 16.1. The molecule has 0 bridgehead atoms. The second kappa shape index (κ2) is 5.80. The predicted octanol–water partition coefficient (Wildman–Crippen LogP) is 1.18. The number of aromatic nitrogens is 5. The second-order valence-corrected chi connectivity index (χ2v) is 4.25. The van der Waals surface area contributed by atoms with Gasteiger partial charge in [0.2, 0.25) is 0 Å². The van der Waals surface area contributed by atoms with Crippen LogP contribution in [0.25, 0.3) is 5.82 Å². The summed E-state index contributed by atoms with van der Waals surface area (Å²) >= 11 is 0. The molecule has 8 nitrogen and oxygen atoms in total. The molecule has 2 heterocycles. The number of rotatable bonds is 3. The van der Waals surface area contributed by atoms with E-state index in [9.17, 15) is 4.79 Å². The Morgan fingerprint density at radius 1 is 1.23 bits per heavy atom. The van der Waals surface area contributed by atoms with Crippen LogP contribution in [-0.4, -0.2) is 30.6 Å². The minimum atomic E-state index is -0.361. The standard InChI is InChI=1S/C14H9N7O/c15-6-10-2-1-3-11(4-10)14(22)20-12-5-13(18-8-17-12)21-9-16-7-19-21/h1-5,7-9H,(H,17,18,20,22). The van der Waals surface area contributed by atoms with Crippen molar-refractivity contribution in [1.82, 2.24) is 24.7 Å². The number of carbonyl (C=O) groups excluding carboxylic acids is 1. The molecular weight excluding hydrogens is 282 g/mol. The summed E-state index contributed by atoms with van der Waals surface area (Å²) in [4.78, 5) is 24.0. The van der Waals surface area contributed by atoms with Crippen LogP contribution in [0.4, 0.5) is 5.82 Å². The SMILES string of the molecule is N#Cc1cccc(C(=O)Nc2cc(-n3cncn3)ncn2)c1. The van der Waals surface area contributed by atoms with E-state index < -0.39 is 0 Å². The number of nitriles is 1. The van der Waals surface area contributed by atoms with E-state index in [1.165, 1.54) is 29.7 Å². The van der Waals surface area contributed by atoms with Gasteiger partial charge in [-0.15, -0.1) is 0 Å². The lowest BCUT2D eigenvalue weighted by Gasteiger charge is -2.06. The number of amides is 1. The number of nitrogens with one attached hydrogen (secondary N) is 1. The van der Waals surface area contributed by atoms with Crippen LogP contribution in [0.5, 0.6) is 0 Å². The summed E-state index contributed by atoms with van der Waals surface area (Å²) in [5.74, 6) is 0.446. The molecule has 0 aliphatic carbocycles. The first-order chi connectivity index (χ1) is 10.8. The van der Waals surface area contributed by atoms with Crippen LogP contribution in [0, 0.1) is 11.3 Å². The van der Waals surface area contributed by atoms with Crippen LogP contribution in [-0.2, 0) is 0 Å². The number of benzene rings is 1. The molecular formula is C14H9N7O. The average molecular weight is 291 g/mol. The van der Waals surface area contributed by atoms with Gasteiger partial charge in [0.25, 0.3) is 5.91 Å². The van der Waals surface area contributed by atoms with Crippen molar-refractivity contribution in [3.05, 3.63) is 60.4 Å². The molecule has 0 spiro atoms. The van der Waals surface area contributed by atoms with E-state index in [-0.39, 0.29) is 5.91 Å². The van der Waals surface area contributed by atoms with Gasteiger partial charge in [0.05, 0.1) is 11.6 Å². The van der Waals surface area contributed by atoms with Gasteiger partial charge in [-0.25, -0.2) is 19.6 Å². The molecule has 1 amide bonds. The third-order valence-corrected chi connectivity index (χ3v) is 2.80. The van der Waals surface area contributed by atoms with Crippen LogP contribution in [0.15, 0.2) is 49.3 Å². The number of hydrogen-bond donors (Lipinski definition) is 1. The molecule has 2 aromatic heterocycles. The fraction of sp³-hybridized carbons (Fsp3) is 0. The summed E-state index contributed by atoms with van der Waals surface area (Å²) in [5.41, 5.74) is 0.790. The largest absolute Gasteiger partial charge is 0.306 e. The molecule has 0 saturated carbocycles. The quantitative estimate of drug-likeness (QED) is 0.776. The molecule has 0 aliphatic heterocycles. The van der Waals surface area contributed by atoms with Crippen molar-refractivity contribution in [2.45, 2.75) is 0 Å². The summed E-state index contributed by atoms with van der Waals surface area (Å²) in [6, 6.07) is 9.97. The minimum Gasteiger partial charge on any atom is -0.306 e. The number of nitrogens with zero attached hydrogens (tertiary/aromatic N) is 6. The first kappa shape index (κ1) is 13.4. The van der Waals surface area contributed by atoms with E-state index in [0.29, 0.717) is 22.8 Å². The minimum absolute atomic E-state index is 0.327. The van der Waals surface area contributed by atoms with Gasteiger partial charge in [-0.05, 0) is 18.2 Å². The van der Waals surface area contributed by atoms with Crippen LogP contribution in [0.1, 0.15) is 15.9 Å². The van der Waals surface area contributed by atoms with E-state index >= 15 is 0 Å². The Labute approximate surface area is 125 Å². The lowest BCUT2D eigenvalue weighted by atomic mass is 10.1. The summed E-state index contributed by atoms with van der Waals surface area (Å²) in [6.45, 7) is 0. The highest BCUT2D eigenvalue weighted by Gasteiger charge is 2.09. The van der Waals surface area contributed by atoms with Gasteiger partial charge in [-0.3, -0.25) is 4.79 Å². The molecule has 3 aromatic rings. The molecule has 0 radical (unpaired) electrons. The summed E-state index contributed by atoms with van der Waals surface area (Å²) in [7, 11) is 0. The van der Waals surface area contributed by atoms with Gasteiger partial charge in [-0.1, -0.05) is 6.07 Å². The van der Waals surface area contributed by atoms with E-state index in [4.69, 9.17) is 5.26 Å². The van der Waals surface area contributed by atoms with Crippen molar-refractivity contribution in [3.8, 4) is 11.9 Å². The summed E-state index contributed by atoms with van der Waals surface area (Å²) < 4.78 is 1.45. The fourth-order valence-corrected chi connectivity index (χ4v) is 1.79. The van der Waals surface area contributed by atoms with Crippen LogP contribution >= 0.6 is 0 Å². The third kappa shape index (κ3) is 2.78. The van der Waals surface area contributed by atoms with Gasteiger partial charge < -0.3 is 5.32 Å². The zero-order valence-electron chi connectivity index (χ0n) is 11.2. The molecule has 0 fully saturated rings. The first-order valence-electron chi connectivity index (χ1n) is 6.25. The van der Waals surface area contributed by atoms with Crippen LogP contribution in [0.3, 0.4) is 0 Å². The molecule has 22 heavy (non-hydrogen) atoms. The van der Waals surface area contributed by atoms with Crippen molar-refractivity contribution in [3.63, 3.8) is 0 Å². The molecule has 3 rings (SSSR count). The van der Waals surface area contributed by atoms with Crippen LogP contribution < -0.4 is 5.32 Å². The van der Waals surface area contributed by atoms with Crippen molar-refractivity contribution in [2.75, 3.05) is 5.32 Å². The summed E-state index contributed by atoms with van der Waals surface area (Å²) in [6.07, 6.45) is 4.19. The monoisotopic (exact) mass is 291 g/mol. The Kier molecular flexibility index (Phi) is 3.53. The Balaban J connectivity index is 1.82. The smallest absolute Gasteiger partial charge is 0.256 e. The van der Waals surface area contributed by atoms with Gasteiger partial charge in [0.1, 0.15) is 24.8 Å². The lowest BCUT2D eigenvalue weighted by Crippen LogP contribution is -2.14. The highest BCUT2D eigenvalue weighted by Crippen LogP contribution is 2.10. The number of carbonyl (C=O) groups is 1. The molecule has 1 N–H and O–H groups in total. The predicted molar refractivity (Wildman–Crippen MR) is 76.1 cm³/mol. The van der Waals surface area contributed by atoms with Gasteiger partial charge in [0, 0.05) is 11.6 Å². The third-order valence-electron chi connectivity index (χ3n) is 2.80. The second-order valence-electron chi connectivity index (χ2n) is 4.25. The topological polar surface area (TPSA) is 109 Å². The average Bonchev–Trinajstić information content (AvgIpc) is 3.10. The number of hydrogen-bond acceptors (Lipinski definition) is 6. The molecule has 0 saturated heterocycles. The zero-order valence-corrected chi connectivity index (χ0v) is 11.2. The molecule has 8 heteroatoms. The Morgan fingerprint density at radius 3 is 2.91 bits per heavy atom. The molecule has 0 atom stereocenters. The zero-order chi connectivity index (χ0) is 15.4. The van der Waals surface area contributed by atoms with Gasteiger partial charge in [-0.2, -0.15) is 10.4 Å². The van der Waals surface area contributed by atoms with Crippen LogP contribution in [0.2, 0.25) is 0 Å². The van der Waals surface area contributed by atoms with Crippen molar-refractivity contribution in [1.29, 1.82) is 5.26 Å². The normalized spacial score (nSPS) is 9.95.